The number of amides is 2. The van der Waals surface area contributed by atoms with E-state index < -0.39 is 0 Å². The van der Waals surface area contributed by atoms with E-state index in [9.17, 15) is 9.59 Å². The zero-order valence-corrected chi connectivity index (χ0v) is 19.3. The highest BCUT2D eigenvalue weighted by atomic mass is 32.2. The fourth-order valence-corrected chi connectivity index (χ4v) is 3.91. The molecule has 0 aliphatic heterocycles. The number of aromatic nitrogens is 1. The number of nitrogens with one attached hydrogen (secondary N) is 2. The summed E-state index contributed by atoms with van der Waals surface area (Å²) in [6.45, 7) is 0. The average Bonchev–Trinajstić information content (AvgIpc) is 3.34. The Balaban J connectivity index is 1.32. The molecule has 0 saturated carbocycles. The Kier molecular flexibility index (Phi) is 7.62. The van der Waals surface area contributed by atoms with Gasteiger partial charge in [0.05, 0.1) is 29.8 Å². The predicted molar refractivity (Wildman–Crippen MR) is 134 cm³/mol. The van der Waals surface area contributed by atoms with E-state index in [-0.39, 0.29) is 17.6 Å². The van der Waals surface area contributed by atoms with Crippen LogP contribution in [0.3, 0.4) is 0 Å². The summed E-state index contributed by atoms with van der Waals surface area (Å²) in [5, 5.41) is 5.66. The number of rotatable bonds is 9. The number of anilines is 2. The molecule has 1 heterocycles. The number of carbonyl (C=O) groups is 2. The third-order valence-corrected chi connectivity index (χ3v) is 5.80. The molecule has 2 amide bonds. The molecule has 2 N–H and O–H groups in total. The second-order valence-corrected chi connectivity index (χ2v) is 8.27. The van der Waals surface area contributed by atoms with Crippen molar-refractivity contribution in [2.24, 2.45) is 0 Å². The van der Waals surface area contributed by atoms with Crippen LogP contribution in [0.15, 0.2) is 89.5 Å². The quantitative estimate of drug-likeness (QED) is 0.335. The number of hydrogen-bond donors (Lipinski definition) is 2. The summed E-state index contributed by atoms with van der Waals surface area (Å²) in [6.07, 6.45) is 1.60. The minimum absolute atomic E-state index is 0.208. The van der Waals surface area contributed by atoms with Gasteiger partial charge in [-0.05, 0) is 36.4 Å². The maximum atomic E-state index is 12.8. The van der Waals surface area contributed by atoms with Crippen molar-refractivity contribution in [3.05, 3.63) is 96.4 Å². The maximum Gasteiger partial charge on any atom is 0.257 e. The summed E-state index contributed by atoms with van der Waals surface area (Å²) < 4.78 is 10.7. The molecule has 8 heteroatoms. The van der Waals surface area contributed by atoms with Gasteiger partial charge in [0.25, 0.3) is 5.91 Å². The first-order chi connectivity index (χ1) is 16.6. The fourth-order valence-electron chi connectivity index (χ4n) is 3.21. The Labute approximate surface area is 201 Å². The van der Waals surface area contributed by atoms with Gasteiger partial charge in [0, 0.05) is 23.1 Å². The van der Waals surface area contributed by atoms with Crippen LogP contribution in [0, 0.1) is 0 Å². The van der Waals surface area contributed by atoms with Crippen LogP contribution in [0.1, 0.15) is 16.1 Å². The minimum atomic E-state index is -0.326. The van der Waals surface area contributed by atoms with Gasteiger partial charge in [-0.25, -0.2) is 4.98 Å². The number of para-hydroxylation sites is 1. The van der Waals surface area contributed by atoms with Gasteiger partial charge in [-0.15, -0.1) is 11.8 Å². The van der Waals surface area contributed by atoms with Crippen LogP contribution in [-0.4, -0.2) is 29.7 Å². The van der Waals surface area contributed by atoms with E-state index >= 15 is 0 Å². The van der Waals surface area contributed by atoms with Crippen LogP contribution < -0.4 is 15.4 Å². The third kappa shape index (κ3) is 6.05. The van der Waals surface area contributed by atoms with Crippen molar-refractivity contribution in [2.75, 3.05) is 23.5 Å². The lowest BCUT2D eigenvalue weighted by molar-refractivity contribution is -0.113. The number of oxazole rings is 1. The Morgan fingerprint density at radius 3 is 2.59 bits per heavy atom. The van der Waals surface area contributed by atoms with E-state index in [1.54, 1.807) is 61.9 Å². The van der Waals surface area contributed by atoms with Crippen LogP contribution in [0.25, 0.3) is 11.5 Å². The number of carbonyl (C=O) groups excluding carboxylic acids is 2. The zero-order chi connectivity index (χ0) is 23.8. The smallest absolute Gasteiger partial charge is 0.257 e. The second kappa shape index (κ2) is 11.2. The van der Waals surface area contributed by atoms with Crippen molar-refractivity contribution in [3.63, 3.8) is 0 Å². The van der Waals surface area contributed by atoms with Gasteiger partial charge < -0.3 is 19.8 Å². The first kappa shape index (κ1) is 23.1. The first-order valence-electron chi connectivity index (χ1n) is 10.5. The van der Waals surface area contributed by atoms with E-state index in [2.05, 4.69) is 15.6 Å². The van der Waals surface area contributed by atoms with Crippen LogP contribution >= 0.6 is 11.8 Å². The Morgan fingerprint density at radius 2 is 1.76 bits per heavy atom. The van der Waals surface area contributed by atoms with Crippen molar-refractivity contribution >= 4 is 35.0 Å². The molecule has 0 fully saturated rings. The molecule has 0 atom stereocenters. The summed E-state index contributed by atoms with van der Waals surface area (Å²) in [5.41, 5.74) is 3.08. The largest absolute Gasteiger partial charge is 0.497 e. The van der Waals surface area contributed by atoms with Crippen molar-refractivity contribution in [1.82, 2.24) is 4.98 Å². The van der Waals surface area contributed by atoms with Crippen LogP contribution in [-0.2, 0) is 10.5 Å². The van der Waals surface area contributed by atoms with Crippen molar-refractivity contribution in [3.8, 4) is 17.2 Å². The average molecular weight is 474 g/mol. The second-order valence-electron chi connectivity index (χ2n) is 7.28. The summed E-state index contributed by atoms with van der Waals surface area (Å²) in [6, 6.07) is 23.6. The van der Waals surface area contributed by atoms with Gasteiger partial charge in [0.2, 0.25) is 11.8 Å². The highest BCUT2D eigenvalue weighted by Gasteiger charge is 2.14. The van der Waals surface area contributed by atoms with Crippen molar-refractivity contribution in [2.45, 2.75) is 5.75 Å². The third-order valence-electron chi connectivity index (χ3n) is 4.83. The van der Waals surface area contributed by atoms with Gasteiger partial charge >= 0.3 is 0 Å². The number of ether oxygens (including phenoxy) is 1. The molecule has 0 aliphatic rings. The topological polar surface area (TPSA) is 93.5 Å². The molecule has 0 unspecified atom stereocenters. The van der Waals surface area contributed by atoms with Gasteiger partial charge in [-0.3, -0.25) is 9.59 Å². The summed E-state index contributed by atoms with van der Waals surface area (Å²) in [5.74, 6) is 1.39. The minimum Gasteiger partial charge on any atom is -0.497 e. The van der Waals surface area contributed by atoms with Crippen LogP contribution in [0.2, 0.25) is 0 Å². The Bertz CT molecular complexity index is 1270. The van der Waals surface area contributed by atoms with Gasteiger partial charge in [-0.1, -0.05) is 36.4 Å². The predicted octanol–water partition coefficient (Wildman–Crippen LogP) is 5.47. The molecular weight excluding hydrogens is 450 g/mol. The SMILES string of the molecule is COc1cccc(NC(=O)c2ccccc2NC(=O)CSCc2coc(-c3ccccc3)n2)c1. The molecule has 0 spiro atoms. The standard InChI is InChI=1S/C26H23N3O4S/c1-32-21-11-7-10-19(14-21)27-25(31)22-12-5-6-13-23(22)29-24(30)17-34-16-20-15-33-26(28-20)18-8-3-2-4-9-18/h2-15H,16-17H2,1H3,(H,27,31)(H,29,30). The number of nitrogens with zero attached hydrogens (tertiary/aromatic N) is 1. The zero-order valence-electron chi connectivity index (χ0n) is 18.5. The van der Waals surface area contributed by atoms with E-state index in [1.807, 2.05) is 30.3 Å². The van der Waals surface area contributed by atoms with Crippen LogP contribution in [0.5, 0.6) is 5.75 Å². The molecule has 4 rings (SSSR count). The fraction of sp³-hybridized carbons (Fsp3) is 0.115. The van der Waals surface area contributed by atoms with Crippen molar-refractivity contribution < 1.29 is 18.7 Å². The monoisotopic (exact) mass is 473 g/mol. The molecular formula is C26H23N3O4S. The number of hydrogen-bond acceptors (Lipinski definition) is 6. The summed E-state index contributed by atoms with van der Waals surface area (Å²) in [7, 11) is 1.56. The molecule has 0 radical (unpaired) electrons. The van der Waals surface area contributed by atoms with E-state index in [1.165, 1.54) is 11.8 Å². The van der Waals surface area contributed by atoms with Crippen LogP contribution in [0.4, 0.5) is 11.4 Å². The lowest BCUT2D eigenvalue weighted by Gasteiger charge is -2.12. The molecule has 34 heavy (non-hydrogen) atoms. The lowest BCUT2D eigenvalue weighted by atomic mass is 10.1. The summed E-state index contributed by atoms with van der Waals surface area (Å²) in [4.78, 5) is 29.8. The molecule has 3 aromatic carbocycles. The normalized spacial score (nSPS) is 10.5. The highest BCUT2D eigenvalue weighted by Crippen LogP contribution is 2.22. The molecule has 4 aromatic rings. The van der Waals surface area contributed by atoms with E-state index in [0.717, 1.165) is 11.3 Å². The van der Waals surface area contributed by atoms with Gasteiger partial charge in [-0.2, -0.15) is 0 Å². The number of methoxy groups -OCH3 is 1. The highest BCUT2D eigenvalue weighted by molar-refractivity contribution is 7.99. The first-order valence-corrected chi connectivity index (χ1v) is 11.7. The van der Waals surface area contributed by atoms with Crippen molar-refractivity contribution in [1.29, 1.82) is 0 Å². The van der Waals surface area contributed by atoms with E-state index in [0.29, 0.717) is 34.3 Å². The summed E-state index contributed by atoms with van der Waals surface area (Å²) >= 11 is 1.41. The molecule has 7 nitrogen and oxygen atoms in total. The maximum absolute atomic E-state index is 12.8. The number of thioether (sulfide) groups is 1. The molecule has 0 bridgehead atoms. The van der Waals surface area contributed by atoms with Gasteiger partial charge in [0.15, 0.2) is 0 Å². The van der Waals surface area contributed by atoms with Gasteiger partial charge in [0.1, 0.15) is 12.0 Å². The molecule has 172 valence electrons. The lowest BCUT2D eigenvalue weighted by Crippen LogP contribution is -2.19. The van der Waals surface area contributed by atoms with E-state index in [4.69, 9.17) is 9.15 Å². The molecule has 0 saturated heterocycles. The molecule has 0 aliphatic carbocycles. The molecule has 1 aromatic heterocycles. The Hall–Kier alpha value is -4.04. The number of benzene rings is 3. The Morgan fingerprint density at radius 1 is 0.971 bits per heavy atom.